The van der Waals surface area contributed by atoms with Gasteiger partial charge in [-0.15, -0.1) is 0 Å². The number of benzene rings is 2. The van der Waals surface area contributed by atoms with Gasteiger partial charge in [0, 0.05) is 46.4 Å². The molecule has 6 rings (SSSR count). The highest BCUT2D eigenvalue weighted by molar-refractivity contribution is 6.50. The standard InChI is InChI=1S/C28H28N4O3/c33-23-11-6-10-22-24(23)20(17-32(22)15-7-14-31-12-4-1-5-13-31)26-25(27(34)30-28(26)35)19-16-29-21-9-3-2-8-18(19)21/h2-3,6,8-11,16-17,29,33H,1,4-5,7,12-15H2,(H,30,34,35). The summed E-state index contributed by atoms with van der Waals surface area (Å²) in [6.45, 7) is 4.10. The number of hydrogen-bond acceptors (Lipinski definition) is 4. The summed E-state index contributed by atoms with van der Waals surface area (Å²) >= 11 is 0. The van der Waals surface area contributed by atoms with Crippen LogP contribution in [0.3, 0.4) is 0 Å². The van der Waals surface area contributed by atoms with Crippen molar-refractivity contribution in [1.29, 1.82) is 0 Å². The number of piperidine rings is 1. The van der Waals surface area contributed by atoms with Crippen molar-refractivity contribution in [1.82, 2.24) is 19.8 Å². The molecule has 35 heavy (non-hydrogen) atoms. The molecule has 0 atom stereocenters. The number of aromatic nitrogens is 2. The zero-order valence-corrected chi connectivity index (χ0v) is 19.5. The second-order valence-corrected chi connectivity index (χ2v) is 9.44. The summed E-state index contributed by atoms with van der Waals surface area (Å²) < 4.78 is 2.10. The average Bonchev–Trinajstić information content (AvgIpc) is 3.53. The normalized spacial score (nSPS) is 17.1. The number of rotatable bonds is 6. The Hall–Kier alpha value is -3.84. The number of phenolic OH excluding ortho intramolecular Hbond substituents is 1. The summed E-state index contributed by atoms with van der Waals surface area (Å²) in [7, 11) is 0. The van der Waals surface area contributed by atoms with Crippen LogP contribution in [-0.4, -0.2) is 51.0 Å². The predicted octanol–water partition coefficient (Wildman–Crippen LogP) is 4.27. The molecule has 2 aromatic heterocycles. The monoisotopic (exact) mass is 468 g/mol. The minimum atomic E-state index is -0.439. The number of amides is 2. The van der Waals surface area contributed by atoms with Crippen molar-refractivity contribution in [3.8, 4) is 5.75 Å². The summed E-state index contributed by atoms with van der Waals surface area (Å²) in [6, 6.07) is 13.1. The molecule has 7 nitrogen and oxygen atoms in total. The number of imide groups is 1. The van der Waals surface area contributed by atoms with Crippen LogP contribution in [0, 0.1) is 0 Å². The van der Waals surface area contributed by atoms with Crippen molar-refractivity contribution >= 4 is 44.8 Å². The number of fused-ring (bicyclic) bond motifs is 2. The SMILES string of the molecule is O=C1NC(=O)C(c2cn(CCCN3CCCCC3)c3cccc(O)c23)=C1c1c[nH]c2ccccc12. The van der Waals surface area contributed by atoms with E-state index >= 15 is 0 Å². The van der Waals surface area contributed by atoms with E-state index in [0.29, 0.717) is 27.7 Å². The molecule has 7 heteroatoms. The first-order valence-corrected chi connectivity index (χ1v) is 12.3. The molecule has 0 spiro atoms. The first kappa shape index (κ1) is 21.7. The second-order valence-electron chi connectivity index (χ2n) is 9.44. The number of aryl methyl sites for hydroxylation is 1. The number of phenols is 1. The zero-order valence-electron chi connectivity index (χ0n) is 19.5. The fraction of sp³-hybridized carbons (Fsp3) is 0.286. The van der Waals surface area contributed by atoms with Crippen molar-refractivity contribution in [2.24, 2.45) is 0 Å². The molecule has 0 unspecified atom stereocenters. The summed E-state index contributed by atoms with van der Waals surface area (Å²) in [4.78, 5) is 31.8. The summed E-state index contributed by atoms with van der Waals surface area (Å²) in [5, 5.41) is 14.8. The fourth-order valence-electron chi connectivity index (χ4n) is 5.60. The van der Waals surface area contributed by atoms with Crippen LogP contribution in [0.4, 0.5) is 0 Å². The van der Waals surface area contributed by atoms with E-state index in [0.717, 1.165) is 49.0 Å². The quantitative estimate of drug-likeness (QED) is 0.369. The molecule has 2 amide bonds. The van der Waals surface area contributed by atoms with E-state index in [4.69, 9.17) is 0 Å². The first-order chi connectivity index (χ1) is 17.1. The lowest BCUT2D eigenvalue weighted by molar-refractivity contribution is -0.122. The summed E-state index contributed by atoms with van der Waals surface area (Å²) in [5.41, 5.74) is 3.66. The Morgan fingerprint density at radius 2 is 1.63 bits per heavy atom. The molecule has 178 valence electrons. The Morgan fingerprint density at radius 3 is 2.46 bits per heavy atom. The Bertz CT molecular complexity index is 1490. The minimum Gasteiger partial charge on any atom is -0.507 e. The van der Waals surface area contributed by atoms with Crippen LogP contribution in [0.1, 0.15) is 36.8 Å². The van der Waals surface area contributed by atoms with Crippen molar-refractivity contribution in [3.05, 3.63) is 66.0 Å². The van der Waals surface area contributed by atoms with Crippen molar-refractivity contribution < 1.29 is 14.7 Å². The average molecular weight is 469 g/mol. The number of carbonyl (C=O) groups is 2. The van der Waals surface area contributed by atoms with E-state index in [2.05, 4.69) is 19.8 Å². The first-order valence-electron chi connectivity index (χ1n) is 12.3. The van der Waals surface area contributed by atoms with E-state index < -0.39 is 11.8 Å². The predicted molar refractivity (Wildman–Crippen MR) is 137 cm³/mol. The van der Waals surface area contributed by atoms with Gasteiger partial charge in [0.1, 0.15) is 5.75 Å². The Balaban J connectivity index is 1.45. The maximum Gasteiger partial charge on any atom is 0.259 e. The highest BCUT2D eigenvalue weighted by Crippen LogP contribution is 2.40. The van der Waals surface area contributed by atoms with Gasteiger partial charge in [0.05, 0.1) is 16.7 Å². The van der Waals surface area contributed by atoms with Gasteiger partial charge in [0.2, 0.25) is 0 Å². The third-order valence-electron chi connectivity index (χ3n) is 7.27. The molecule has 2 aliphatic heterocycles. The number of aromatic hydroxyl groups is 1. The van der Waals surface area contributed by atoms with Gasteiger partial charge in [0.15, 0.2) is 0 Å². The molecule has 2 aromatic carbocycles. The zero-order chi connectivity index (χ0) is 23.9. The van der Waals surface area contributed by atoms with E-state index in [1.807, 2.05) is 42.6 Å². The van der Waals surface area contributed by atoms with E-state index in [1.165, 1.54) is 19.3 Å². The van der Waals surface area contributed by atoms with Gasteiger partial charge >= 0.3 is 0 Å². The van der Waals surface area contributed by atoms with Gasteiger partial charge in [-0.05, 0) is 57.1 Å². The fourth-order valence-corrected chi connectivity index (χ4v) is 5.60. The van der Waals surface area contributed by atoms with Crippen LogP contribution in [0.5, 0.6) is 5.75 Å². The summed E-state index contributed by atoms with van der Waals surface area (Å²) in [5.74, 6) is -0.757. The molecule has 0 bridgehead atoms. The number of para-hydroxylation sites is 1. The van der Waals surface area contributed by atoms with Crippen LogP contribution < -0.4 is 5.32 Å². The van der Waals surface area contributed by atoms with Crippen LogP contribution in [0.2, 0.25) is 0 Å². The number of nitrogens with zero attached hydrogens (tertiary/aromatic N) is 2. The molecule has 0 radical (unpaired) electrons. The molecule has 2 aliphatic rings. The van der Waals surface area contributed by atoms with Crippen molar-refractivity contribution in [2.45, 2.75) is 32.2 Å². The maximum atomic E-state index is 13.1. The van der Waals surface area contributed by atoms with Gasteiger partial charge < -0.3 is 19.6 Å². The van der Waals surface area contributed by atoms with Crippen LogP contribution in [0.15, 0.2) is 54.9 Å². The number of nitrogens with one attached hydrogen (secondary N) is 2. The highest BCUT2D eigenvalue weighted by Gasteiger charge is 2.35. The lowest BCUT2D eigenvalue weighted by atomic mass is 9.95. The molecule has 4 heterocycles. The number of likely N-dealkylation sites (tertiary alicyclic amines) is 1. The topological polar surface area (TPSA) is 90.4 Å². The van der Waals surface area contributed by atoms with Gasteiger partial charge in [-0.3, -0.25) is 14.9 Å². The van der Waals surface area contributed by atoms with E-state index in [-0.39, 0.29) is 5.75 Å². The second kappa shape index (κ2) is 8.74. The molecule has 3 N–H and O–H groups in total. The van der Waals surface area contributed by atoms with Crippen LogP contribution in [0.25, 0.3) is 33.0 Å². The van der Waals surface area contributed by atoms with E-state index in [9.17, 15) is 14.7 Å². The van der Waals surface area contributed by atoms with Gasteiger partial charge in [0.25, 0.3) is 11.8 Å². The molecular formula is C28H28N4O3. The number of hydrogen-bond donors (Lipinski definition) is 3. The van der Waals surface area contributed by atoms with Gasteiger partial charge in [-0.2, -0.15) is 0 Å². The molecule has 1 saturated heterocycles. The molecular weight excluding hydrogens is 440 g/mol. The Morgan fingerprint density at radius 1 is 0.857 bits per heavy atom. The maximum absolute atomic E-state index is 13.1. The number of carbonyl (C=O) groups excluding carboxylic acids is 2. The molecule has 1 fully saturated rings. The lowest BCUT2D eigenvalue weighted by Gasteiger charge is -2.26. The van der Waals surface area contributed by atoms with Gasteiger partial charge in [-0.1, -0.05) is 30.7 Å². The smallest absolute Gasteiger partial charge is 0.259 e. The van der Waals surface area contributed by atoms with E-state index in [1.54, 1.807) is 12.3 Å². The minimum absolute atomic E-state index is 0.102. The molecule has 0 saturated carbocycles. The largest absolute Gasteiger partial charge is 0.507 e. The Kier molecular flexibility index (Phi) is 5.41. The number of H-pyrrole nitrogens is 1. The van der Waals surface area contributed by atoms with Gasteiger partial charge in [-0.25, -0.2) is 0 Å². The highest BCUT2D eigenvalue weighted by atomic mass is 16.3. The summed E-state index contributed by atoms with van der Waals surface area (Å²) in [6.07, 6.45) is 8.50. The third kappa shape index (κ3) is 3.72. The lowest BCUT2D eigenvalue weighted by Crippen LogP contribution is -2.31. The van der Waals surface area contributed by atoms with Crippen LogP contribution in [-0.2, 0) is 16.1 Å². The third-order valence-corrected chi connectivity index (χ3v) is 7.27. The van der Waals surface area contributed by atoms with Crippen molar-refractivity contribution in [3.63, 3.8) is 0 Å². The molecule has 4 aromatic rings. The van der Waals surface area contributed by atoms with Crippen molar-refractivity contribution in [2.75, 3.05) is 19.6 Å². The number of aromatic amines is 1. The Labute approximate surface area is 203 Å². The molecule has 0 aliphatic carbocycles. The van der Waals surface area contributed by atoms with Crippen LogP contribution >= 0.6 is 0 Å².